The van der Waals surface area contributed by atoms with Gasteiger partial charge in [0.25, 0.3) is 0 Å². The molecular weight excluding hydrogens is 202 g/mol. The van der Waals surface area contributed by atoms with E-state index in [0.29, 0.717) is 13.1 Å². The lowest BCUT2D eigenvalue weighted by molar-refractivity contribution is 0.151. The zero-order valence-corrected chi connectivity index (χ0v) is 8.33. The zero-order chi connectivity index (χ0) is 9.97. The van der Waals surface area contributed by atoms with Crippen LogP contribution in [0.25, 0.3) is 0 Å². The molecule has 2 rings (SSSR count). The average molecular weight is 212 g/mol. The molecule has 1 heterocycles. The van der Waals surface area contributed by atoms with E-state index in [-0.39, 0.29) is 0 Å². The molecule has 0 bridgehead atoms. The second kappa shape index (κ2) is 3.88. The van der Waals surface area contributed by atoms with Gasteiger partial charge in [-0.15, -0.1) is 0 Å². The molecule has 0 unspecified atom stereocenters. The number of nitrogens with zero attached hydrogens (tertiary/aromatic N) is 1. The van der Waals surface area contributed by atoms with Crippen LogP contribution in [-0.2, 0) is 17.3 Å². The number of halogens is 1. The smallest absolute Gasteiger partial charge is 0.330 e. The summed E-state index contributed by atoms with van der Waals surface area (Å²) in [7, 11) is 0. The maximum absolute atomic E-state index is 11.1. The Morgan fingerprint density at radius 1 is 1.36 bits per heavy atom. The van der Waals surface area contributed by atoms with E-state index in [1.807, 2.05) is 18.2 Å². The van der Waals surface area contributed by atoms with Crippen LogP contribution in [-0.4, -0.2) is 17.5 Å². The SMILES string of the molecule is O=C(OCl)N1CCc2ccccc2C1. The third-order valence-corrected chi connectivity index (χ3v) is 2.59. The maximum atomic E-state index is 11.1. The van der Waals surface area contributed by atoms with E-state index in [4.69, 9.17) is 11.9 Å². The van der Waals surface area contributed by atoms with Crippen LogP contribution in [0.5, 0.6) is 0 Å². The number of carbonyl (C=O) groups excluding carboxylic acids is 1. The van der Waals surface area contributed by atoms with Gasteiger partial charge in [-0.2, -0.15) is 0 Å². The van der Waals surface area contributed by atoms with Crippen LogP contribution in [0.2, 0.25) is 0 Å². The Morgan fingerprint density at radius 2 is 2.07 bits per heavy atom. The van der Waals surface area contributed by atoms with E-state index in [1.165, 1.54) is 11.1 Å². The molecule has 1 aromatic carbocycles. The van der Waals surface area contributed by atoms with Crippen molar-refractivity contribution in [3.05, 3.63) is 35.4 Å². The van der Waals surface area contributed by atoms with Crippen molar-refractivity contribution in [1.29, 1.82) is 0 Å². The van der Waals surface area contributed by atoms with Crippen molar-refractivity contribution in [2.75, 3.05) is 6.54 Å². The molecule has 0 N–H and O–H groups in total. The lowest BCUT2D eigenvalue weighted by Gasteiger charge is -2.26. The van der Waals surface area contributed by atoms with Crippen LogP contribution >= 0.6 is 11.9 Å². The molecule has 1 aliphatic rings. The van der Waals surface area contributed by atoms with Gasteiger partial charge in [0.1, 0.15) is 11.9 Å². The summed E-state index contributed by atoms with van der Waals surface area (Å²) in [4.78, 5) is 12.7. The van der Waals surface area contributed by atoms with E-state index in [0.717, 1.165) is 6.42 Å². The van der Waals surface area contributed by atoms with Crippen molar-refractivity contribution in [2.45, 2.75) is 13.0 Å². The van der Waals surface area contributed by atoms with Crippen molar-refractivity contribution in [3.63, 3.8) is 0 Å². The van der Waals surface area contributed by atoms with Gasteiger partial charge in [-0.1, -0.05) is 24.3 Å². The summed E-state index contributed by atoms with van der Waals surface area (Å²) < 4.78 is 4.16. The monoisotopic (exact) mass is 211 g/mol. The minimum Gasteiger partial charge on any atom is -0.330 e. The molecule has 4 heteroatoms. The fourth-order valence-corrected chi connectivity index (χ4v) is 1.80. The molecule has 3 nitrogen and oxygen atoms in total. The van der Waals surface area contributed by atoms with Gasteiger partial charge in [0, 0.05) is 13.1 Å². The summed E-state index contributed by atoms with van der Waals surface area (Å²) in [5.41, 5.74) is 2.46. The van der Waals surface area contributed by atoms with Crippen molar-refractivity contribution in [1.82, 2.24) is 4.90 Å². The molecule has 0 aromatic heterocycles. The van der Waals surface area contributed by atoms with E-state index in [1.54, 1.807) is 4.90 Å². The standard InChI is InChI=1S/C10H10ClNO2/c11-14-10(13)12-6-5-8-3-1-2-4-9(8)7-12/h1-4H,5-7H2. The Morgan fingerprint density at radius 3 is 2.79 bits per heavy atom. The Balaban J connectivity index is 2.17. The first-order valence-corrected chi connectivity index (χ1v) is 4.76. The Bertz CT molecular complexity index is 354. The predicted octanol–water partition coefficient (Wildman–Crippen LogP) is 2.34. The largest absolute Gasteiger partial charge is 0.428 e. The molecule has 0 saturated carbocycles. The molecule has 74 valence electrons. The van der Waals surface area contributed by atoms with Gasteiger partial charge < -0.3 is 9.19 Å². The first-order valence-electron chi connectivity index (χ1n) is 4.45. The van der Waals surface area contributed by atoms with Gasteiger partial charge in [-0.25, -0.2) is 4.79 Å². The molecule has 0 radical (unpaired) electrons. The maximum Gasteiger partial charge on any atom is 0.428 e. The summed E-state index contributed by atoms with van der Waals surface area (Å²) in [6.45, 7) is 1.25. The van der Waals surface area contributed by atoms with E-state index >= 15 is 0 Å². The normalized spacial score (nSPS) is 14.8. The average Bonchev–Trinajstić information content (AvgIpc) is 2.27. The van der Waals surface area contributed by atoms with E-state index in [9.17, 15) is 4.79 Å². The van der Waals surface area contributed by atoms with Crippen molar-refractivity contribution in [3.8, 4) is 0 Å². The third-order valence-electron chi connectivity index (χ3n) is 2.45. The second-order valence-electron chi connectivity index (χ2n) is 3.28. The minimum absolute atomic E-state index is 0.471. The van der Waals surface area contributed by atoms with Crippen LogP contribution in [0.1, 0.15) is 11.1 Å². The van der Waals surface area contributed by atoms with Gasteiger partial charge in [0.05, 0.1) is 0 Å². The summed E-state index contributed by atoms with van der Waals surface area (Å²) in [5, 5.41) is 0. The van der Waals surface area contributed by atoms with Gasteiger partial charge in [-0.3, -0.25) is 0 Å². The Labute approximate surface area is 87.4 Å². The number of amides is 1. The molecule has 0 saturated heterocycles. The van der Waals surface area contributed by atoms with Crippen molar-refractivity contribution >= 4 is 18.0 Å². The third kappa shape index (κ3) is 1.68. The van der Waals surface area contributed by atoms with Crippen LogP contribution < -0.4 is 0 Å². The van der Waals surface area contributed by atoms with Gasteiger partial charge in [-0.05, 0) is 17.5 Å². The van der Waals surface area contributed by atoms with E-state index < -0.39 is 6.09 Å². The number of carbonyl (C=O) groups is 1. The number of benzene rings is 1. The minimum atomic E-state index is -0.471. The summed E-state index contributed by atoms with van der Waals surface area (Å²) in [5.74, 6) is 0. The van der Waals surface area contributed by atoms with E-state index in [2.05, 4.69) is 10.4 Å². The molecular formula is C10H10ClNO2. The highest BCUT2D eigenvalue weighted by molar-refractivity contribution is 6.12. The Kier molecular flexibility index (Phi) is 2.59. The first kappa shape index (κ1) is 9.34. The first-order chi connectivity index (χ1) is 6.81. The summed E-state index contributed by atoms with van der Waals surface area (Å²) in [6.07, 6.45) is 0.392. The van der Waals surface area contributed by atoms with Gasteiger partial charge in [0.15, 0.2) is 0 Å². The highest BCUT2D eigenvalue weighted by Crippen LogP contribution is 2.18. The lowest BCUT2D eigenvalue weighted by atomic mass is 10.0. The molecule has 0 aliphatic carbocycles. The zero-order valence-electron chi connectivity index (χ0n) is 7.57. The molecule has 1 aromatic rings. The molecule has 14 heavy (non-hydrogen) atoms. The van der Waals surface area contributed by atoms with Crippen LogP contribution in [0, 0.1) is 0 Å². The molecule has 0 atom stereocenters. The van der Waals surface area contributed by atoms with Crippen molar-refractivity contribution < 1.29 is 9.08 Å². The molecule has 1 aliphatic heterocycles. The number of rotatable bonds is 0. The van der Waals surface area contributed by atoms with Gasteiger partial charge in [0.2, 0.25) is 0 Å². The quantitative estimate of drug-likeness (QED) is 0.659. The van der Waals surface area contributed by atoms with Crippen LogP contribution in [0.15, 0.2) is 24.3 Å². The molecule has 0 fully saturated rings. The molecule has 1 amide bonds. The fourth-order valence-electron chi connectivity index (χ4n) is 1.70. The summed E-state index contributed by atoms with van der Waals surface area (Å²) >= 11 is 5.02. The fraction of sp³-hybridized carbons (Fsp3) is 0.300. The molecule has 0 spiro atoms. The predicted molar refractivity (Wildman–Crippen MR) is 52.9 cm³/mol. The second-order valence-corrected chi connectivity index (χ2v) is 3.44. The number of hydrogen-bond acceptors (Lipinski definition) is 2. The topological polar surface area (TPSA) is 29.5 Å². The number of fused-ring (bicyclic) bond motifs is 1. The highest BCUT2D eigenvalue weighted by Gasteiger charge is 2.20. The van der Waals surface area contributed by atoms with Crippen LogP contribution in [0.3, 0.4) is 0 Å². The van der Waals surface area contributed by atoms with Gasteiger partial charge >= 0.3 is 6.09 Å². The van der Waals surface area contributed by atoms with Crippen molar-refractivity contribution in [2.24, 2.45) is 0 Å². The lowest BCUT2D eigenvalue weighted by Crippen LogP contribution is -2.35. The Hall–Kier alpha value is -1.22. The number of hydrogen-bond donors (Lipinski definition) is 0. The van der Waals surface area contributed by atoms with Crippen LogP contribution in [0.4, 0.5) is 4.79 Å². The highest BCUT2D eigenvalue weighted by atomic mass is 35.5. The summed E-state index contributed by atoms with van der Waals surface area (Å²) in [6, 6.07) is 8.07.